The summed E-state index contributed by atoms with van der Waals surface area (Å²) in [5.41, 5.74) is 2.14. The van der Waals surface area contributed by atoms with Crippen LogP contribution in [0.25, 0.3) is 0 Å². The number of halogens is 1. The molecule has 0 saturated carbocycles. The number of para-hydroxylation sites is 1. The van der Waals surface area contributed by atoms with Crippen LogP contribution in [0, 0.1) is 0 Å². The van der Waals surface area contributed by atoms with Crippen LogP contribution in [0.5, 0.6) is 5.75 Å². The summed E-state index contributed by atoms with van der Waals surface area (Å²) >= 11 is 5.89. The molecule has 0 radical (unpaired) electrons. The number of fused-ring (bicyclic) bond motifs is 1. The van der Waals surface area contributed by atoms with E-state index >= 15 is 0 Å². The van der Waals surface area contributed by atoms with Gasteiger partial charge in [-0.2, -0.15) is 0 Å². The topological polar surface area (TPSA) is 49.8 Å². The predicted molar refractivity (Wildman–Crippen MR) is 81.4 cm³/mol. The fourth-order valence-corrected chi connectivity index (χ4v) is 2.57. The van der Waals surface area contributed by atoms with Crippen molar-refractivity contribution in [1.82, 2.24) is 0 Å². The average Bonchev–Trinajstić information content (AvgIpc) is 2.49. The highest BCUT2D eigenvalue weighted by Gasteiger charge is 2.23. The van der Waals surface area contributed by atoms with Gasteiger partial charge in [-0.3, -0.25) is 0 Å². The van der Waals surface area contributed by atoms with Crippen LogP contribution >= 0.6 is 11.6 Å². The van der Waals surface area contributed by atoms with Crippen LogP contribution in [0.2, 0.25) is 5.02 Å². The number of rotatable bonds is 3. The molecule has 1 N–H and O–H groups in total. The molecule has 0 aromatic heterocycles. The molecular formula is C16H14ClNO3. The van der Waals surface area contributed by atoms with Crippen molar-refractivity contribution in [3.05, 3.63) is 58.6 Å². The number of carboxylic acid groups (broad SMARTS) is 1. The molecular weight excluding hydrogens is 290 g/mol. The van der Waals surface area contributed by atoms with Crippen molar-refractivity contribution in [2.75, 3.05) is 18.1 Å². The summed E-state index contributed by atoms with van der Waals surface area (Å²) in [4.78, 5) is 13.4. The van der Waals surface area contributed by atoms with E-state index in [0.29, 0.717) is 23.9 Å². The Morgan fingerprint density at radius 1 is 1.24 bits per heavy atom. The SMILES string of the molecule is O=C(O)c1cccc2c1OCCN2Cc1ccc(Cl)cc1. The maximum absolute atomic E-state index is 11.3. The zero-order valence-electron chi connectivity index (χ0n) is 11.3. The van der Waals surface area contributed by atoms with E-state index in [0.717, 1.165) is 17.8 Å². The number of anilines is 1. The summed E-state index contributed by atoms with van der Waals surface area (Å²) in [6.45, 7) is 1.89. The van der Waals surface area contributed by atoms with Crippen LogP contribution < -0.4 is 9.64 Å². The molecule has 1 aliphatic rings. The lowest BCUT2D eigenvalue weighted by atomic mass is 10.1. The van der Waals surface area contributed by atoms with Crippen LogP contribution in [0.4, 0.5) is 5.69 Å². The van der Waals surface area contributed by atoms with Gasteiger partial charge in [-0.1, -0.05) is 29.8 Å². The largest absolute Gasteiger partial charge is 0.489 e. The second kappa shape index (κ2) is 5.66. The molecule has 0 fully saturated rings. The Labute approximate surface area is 127 Å². The summed E-state index contributed by atoms with van der Waals surface area (Å²) in [6.07, 6.45) is 0. The summed E-state index contributed by atoms with van der Waals surface area (Å²) in [5, 5.41) is 9.94. The maximum Gasteiger partial charge on any atom is 0.339 e. The van der Waals surface area contributed by atoms with Gasteiger partial charge in [0.05, 0.1) is 12.2 Å². The van der Waals surface area contributed by atoms with Crippen molar-refractivity contribution < 1.29 is 14.6 Å². The van der Waals surface area contributed by atoms with E-state index in [1.54, 1.807) is 12.1 Å². The van der Waals surface area contributed by atoms with E-state index in [-0.39, 0.29) is 5.56 Å². The number of hydrogen-bond donors (Lipinski definition) is 1. The molecule has 0 unspecified atom stereocenters. The second-order valence-corrected chi connectivity index (χ2v) is 5.29. The lowest BCUT2D eigenvalue weighted by Gasteiger charge is -2.32. The van der Waals surface area contributed by atoms with Crippen LogP contribution in [0.3, 0.4) is 0 Å². The number of ether oxygens (including phenoxy) is 1. The van der Waals surface area contributed by atoms with Gasteiger partial charge in [-0.15, -0.1) is 0 Å². The van der Waals surface area contributed by atoms with Crippen molar-refractivity contribution in [2.45, 2.75) is 6.54 Å². The van der Waals surface area contributed by atoms with Crippen molar-refractivity contribution in [3.8, 4) is 5.75 Å². The van der Waals surface area contributed by atoms with Gasteiger partial charge in [0, 0.05) is 11.6 Å². The molecule has 1 heterocycles. The Morgan fingerprint density at radius 3 is 2.71 bits per heavy atom. The van der Waals surface area contributed by atoms with Crippen LogP contribution in [-0.4, -0.2) is 24.2 Å². The van der Waals surface area contributed by atoms with E-state index < -0.39 is 5.97 Å². The van der Waals surface area contributed by atoms with Crippen LogP contribution in [-0.2, 0) is 6.54 Å². The van der Waals surface area contributed by atoms with Crippen LogP contribution in [0.1, 0.15) is 15.9 Å². The first-order valence-corrected chi connectivity index (χ1v) is 7.01. The Bertz CT molecular complexity index is 670. The summed E-state index contributed by atoms with van der Waals surface area (Å²) < 4.78 is 5.56. The number of carboxylic acids is 1. The van der Waals surface area contributed by atoms with Gasteiger partial charge in [0.1, 0.15) is 12.2 Å². The number of hydrogen-bond acceptors (Lipinski definition) is 3. The highest BCUT2D eigenvalue weighted by atomic mass is 35.5. The minimum atomic E-state index is -0.972. The summed E-state index contributed by atoms with van der Waals surface area (Å²) in [6, 6.07) is 12.8. The monoisotopic (exact) mass is 303 g/mol. The average molecular weight is 304 g/mol. The molecule has 108 valence electrons. The van der Waals surface area contributed by atoms with Gasteiger partial charge >= 0.3 is 5.97 Å². The fourth-order valence-electron chi connectivity index (χ4n) is 2.45. The Hall–Kier alpha value is -2.20. The van der Waals surface area contributed by atoms with E-state index in [4.69, 9.17) is 16.3 Å². The van der Waals surface area contributed by atoms with Crippen molar-refractivity contribution in [3.63, 3.8) is 0 Å². The Balaban J connectivity index is 1.92. The second-order valence-electron chi connectivity index (χ2n) is 4.86. The van der Waals surface area contributed by atoms with E-state index in [9.17, 15) is 9.90 Å². The highest BCUT2D eigenvalue weighted by Crippen LogP contribution is 2.35. The molecule has 0 bridgehead atoms. The normalized spacial score (nSPS) is 13.5. The zero-order chi connectivity index (χ0) is 14.8. The first kappa shape index (κ1) is 13.8. The third-order valence-electron chi connectivity index (χ3n) is 3.46. The smallest absolute Gasteiger partial charge is 0.339 e. The van der Waals surface area contributed by atoms with E-state index in [1.165, 1.54) is 0 Å². The molecule has 3 rings (SSSR count). The third kappa shape index (κ3) is 2.81. The first-order chi connectivity index (χ1) is 10.1. The van der Waals surface area contributed by atoms with Gasteiger partial charge < -0.3 is 14.7 Å². The van der Waals surface area contributed by atoms with Gasteiger partial charge in [0.25, 0.3) is 0 Å². The van der Waals surface area contributed by atoms with E-state index in [2.05, 4.69) is 4.90 Å². The zero-order valence-corrected chi connectivity index (χ0v) is 12.0. The predicted octanol–water partition coefficient (Wildman–Crippen LogP) is 3.44. The molecule has 4 nitrogen and oxygen atoms in total. The number of aromatic carboxylic acids is 1. The van der Waals surface area contributed by atoms with E-state index in [1.807, 2.05) is 30.3 Å². The summed E-state index contributed by atoms with van der Waals surface area (Å²) in [5.74, 6) is -0.523. The molecule has 0 saturated heterocycles. The lowest BCUT2D eigenvalue weighted by molar-refractivity contribution is 0.0692. The molecule has 5 heteroatoms. The molecule has 2 aromatic carbocycles. The van der Waals surface area contributed by atoms with Crippen molar-refractivity contribution in [2.24, 2.45) is 0 Å². The molecule has 0 atom stereocenters. The minimum absolute atomic E-state index is 0.202. The lowest BCUT2D eigenvalue weighted by Crippen LogP contribution is -2.32. The Morgan fingerprint density at radius 2 is 2.00 bits per heavy atom. The number of benzene rings is 2. The van der Waals surface area contributed by atoms with Gasteiger partial charge in [-0.05, 0) is 29.8 Å². The van der Waals surface area contributed by atoms with Crippen molar-refractivity contribution >= 4 is 23.3 Å². The molecule has 0 spiro atoms. The first-order valence-electron chi connectivity index (χ1n) is 6.63. The van der Waals surface area contributed by atoms with Gasteiger partial charge in [0.15, 0.2) is 5.75 Å². The standard InChI is InChI=1S/C16H14ClNO3/c17-12-6-4-11(5-7-12)10-18-8-9-21-15-13(16(19)20)2-1-3-14(15)18/h1-7H,8-10H2,(H,19,20). The van der Waals surface area contributed by atoms with Crippen molar-refractivity contribution in [1.29, 1.82) is 0 Å². The quantitative estimate of drug-likeness (QED) is 0.943. The minimum Gasteiger partial charge on any atom is -0.489 e. The highest BCUT2D eigenvalue weighted by molar-refractivity contribution is 6.30. The fraction of sp³-hybridized carbons (Fsp3) is 0.188. The number of nitrogens with zero attached hydrogens (tertiary/aromatic N) is 1. The molecule has 1 aliphatic heterocycles. The van der Waals surface area contributed by atoms with Crippen LogP contribution in [0.15, 0.2) is 42.5 Å². The maximum atomic E-state index is 11.3. The summed E-state index contributed by atoms with van der Waals surface area (Å²) in [7, 11) is 0. The number of carbonyl (C=O) groups is 1. The Kier molecular flexibility index (Phi) is 3.71. The molecule has 21 heavy (non-hydrogen) atoms. The van der Waals surface area contributed by atoms with Gasteiger partial charge in [0.2, 0.25) is 0 Å². The van der Waals surface area contributed by atoms with Gasteiger partial charge in [-0.25, -0.2) is 4.79 Å². The third-order valence-corrected chi connectivity index (χ3v) is 3.71. The molecule has 0 amide bonds. The molecule has 0 aliphatic carbocycles. The molecule has 2 aromatic rings.